The van der Waals surface area contributed by atoms with Gasteiger partial charge in [-0.15, -0.1) is 0 Å². The third kappa shape index (κ3) is 3.45. The average Bonchev–Trinajstić information content (AvgIpc) is 2.76. The van der Waals surface area contributed by atoms with E-state index in [1.165, 1.54) is 11.8 Å². The summed E-state index contributed by atoms with van der Waals surface area (Å²) in [7, 11) is 0. The molecule has 0 bridgehead atoms. The minimum atomic E-state index is -1.17. The molecule has 23 heavy (non-hydrogen) atoms. The quantitative estimate of drug-likeness (QED) is 0.333. The van der Waals surface area contributed by atoms with E-state index in [0.717, 1.165) is 0 Å². The molecule has 0 aromatic rings. The SMILES string of the molecule is CC(O)C1C(=O)N2C(C(=O)O)=C(COCCCNC(N)=O)CC12. The van der Waals surface area contributed by atoms with Gasteiger partial charge in [-0.25, -0.2) is 9.59 Å². The van der Waals surface area contributed by atoms with E-state index in [-0.39, 0.29) is 24.3 Å². The zero-order valence-electron chi connectivity index (χ0n) is 12.8. The second kappa shape index (κ2) is 6.97. The third-order valence-corrected chi connectivity index (χ3v) is 4.06. The Morgan fingerprint density at radius 1 is 1.52 bits per heavy atom. The van der Waals surface area contributed by atoms with E-state index in [0.29, 0.717) is 31.6 Å². The van der Waals surface area contributed by atoms with Crippen molar-refractivity contribution in [3.8, 4) is 0 Å². The first-order valence-corrected chi connectivity index (χ1v) is 7.42. The lowest BCUT2D eigenvalue weighted by Crippen LogP contribution is -2.61. The van der Waals surface area contributed by atoms with E-state index in [4.69, 9.17) is 10.5 Å². The highest BCUT2D eigenvalue weighted by molar-refractivity contribution is 5.99. The van der Waals surface area contributed by atoms with E-state index in [2.05, 4.69) is 5.32 Å². The standard InChI is InChI=1S/C14H21N3O6/c1-7(18)10-9-5-8(6-23-4-2-3-16-14(15)22)11(13(20)21)17(9)12(10)19/h7,9-10,18H,2-6H2,1H3,(H,20,21)(H3,15,16,22). The molecule has 0 aliphatic carbocycles. The minimum Gasteiger partial charge on any atom is -0.477 e. The van der Waals surface area contributed by atoms with E-state index >= 15 is 0 Å². The van der Waals surface area contributed by atoms with Crippen LogP contribution in [0.1, 0.15) is 19.8 Å². The molecular weight excluding hydrogens is 306 g/mol. The van der Waals surface area contributed by atoms with Crippen molar-refractivity contribution in [3.05, 3.63) is 11.3 Å². The Kier molecular flexibility index (Phi) is 5.22. The second-order valence-electron chi connectivity index (χ2n) is 5.70. The summed E-state index contributed by atoms with van der Waals surface area (Å²) in [5.74, 6) is -2.08. The van der Waals surface area contributed by atoms with Gasteiger partial charge >= 0.3 is 12.0 Å². The molecular formula is C14H21N3O6. The summed E-state index contributed by atoms with van der Waals surface area (Å²) in [4.78, 5) is 35.1. The number of rotatable bonds is 8. The monoisotopic (exact) mass is 327 g/mol. The Hall–Kier alpha value is -2.13. The van der Waals surface area contributed by atoms with E-state index < -0.39 is 24.0 Å². The van der Waals surface area contributed by atoms with Crippen LogP contribution in [0, 0.1) is 5.92 Å². The lowest BCUT2D eigenvalue weighted by Gasteiger charge is -2.44. The zero-order valence-corrected chi connectivity index (χ0v) is 12.8. The predicted octanol–water partition coefficient (Wildman–Crippen LogP) is -0.988. The molecule has 2 aliphatic rings. The molecule has 2 aliphatic heterocycles. The van der Waals surface area contributed by atoms with Crippen LogP contribution in [0.4, 0.5) is 4.79 Å². The zero-order chi connectivity index (χ0) is 17.1. The normalized spacial score (nSPS) is 24.3. The molecule has 2 rings (SSSR count). The molecule has 2 heterocycles. The first-order valence-electron chi connectivity index (χ1n) is 7.42. The van der Waals surface area contributed by atoms with E-state index in [1.807, 2.05) is 0 Å². The van der Waals surface area contributed by atoms with Crippen molar-refractivity contribution in [2.45, 2.75) is 31.9 Å². The van der Waals surface area contributed by atoms with Gasteiger partial charge < -0.3 is 30.9 Å². The maximum absolute atomic E-state index is 12.0. The number of ether oxygens (including phenoxy) is 1. The number of aliphatic carboxylic acids is 1. The molecule has 5 N–H and O–H groups in total. The minimum absolute atomic E-state index is 0.0350. The number of nitrogens with zero attached hydrogens (tertiary/aromatic N) is 1. The van der Waals surface area contributed by atoms with Gasteiger partial charge in [-0.05, 0) is 25.3 Å². The molecule has 128 valence electrons. The van der Waals surface area contributed by atoms with Crippen LogP contribution in [0.25, 0.3) is 0 Å². The summed E-state index contributed by atoms with van der Waals surface area (Å²) >= 11 is 0. The predicted molar refractivity (Wildman–Crippen MR) is 78.1 cm³/mol. The molecule has 0 radical (unpaired) electrons. The average molecular weight is 327 g/mol. The van der Waals surface area contributed by atoms with Crippen molar-refractivity contribution in [2.75, 3.05) is 19.8 Å². The highest BCUT2D eigenvalue weighted by Crippen LogP contribution is 2.43. The number of hydrogen-bond donors (Lipinski definition) is 4. The molecule has 1 fully saturated rings. The smallest absolute Gasteiger partial charge is 0.352 e. The number of carboxylic acids is 1. The summed E-state index contributed by atoms with van der Waals surface area (Å²) in [6, 6.07) is -0.910. The number of primary amides is 1. The van der Waals surface area contributed by atoms with Crippen LogP contribution >= 0.6 is 0 Å². The molecule has 3 unspecified atom stereocenters. The maximum atomic E-state index is 12.0. The number of aliphatic hydroxyl groups is 1. The van der Waals surface area contributed by atoms with Gasteiger partial charge in [0.05, 0.1) is 24.7 Å². The summed E-state index contributed by atoms with van der Waals surface area (Å²) in [6.07, 6.45) is 0.127. The first kappa shape index (κ1) is 17.2. The molecule has 0 spiro atoms. The molecule has 0 saturated carbocycles. The number of carbonyl (C=O) groups is 3. The van der Waals surface area contributed by atoms with Gasteiger partial charge in [0.2, 0.25) is 5.91 Å². The Labute approximate surface area is 133 Å². The van der Waals surface area contributed by atoms with E-state index in [9.17, 15) is 24.6 Å². The number of hydrogen-bond acceptors (Lipinski definition) is 5. The van der Waals surface area contributed by atoms with Gasteiger partial charge in [0.25, 0.3) is 0 Å². The van der Waals surface area contributed by atoms with Crippen LogP contribution < -0.4 is 11.1 Å². The maximum Gasteiger partial charge on any atom is 0.352 e. The Morgan fingerprint density at radius 3 is 2.78 bits per heavy atom. The lowest BCUT2D eigenvalue weighted by atomic mass is 9.83. The molecule has 1 saturated heterocycles. The van der Waals surface area contributed by atoms with Gasteiger partial charge in [-0.1, -0.05) is 0 Å². The number of nitrogens with two attached hydrogens (primary N) is 1. The van der Waals surface area contributed by atoms with Gasteiger partial charge in [-0.3, -0.25) is 4.79 Å². The summed E-state index contributed by atoms with van der Waals surface area (Å²) in [5, 5.41) is 21.4. The number of β-lactam (4-membered cyclic amide) rings is 1. The number of urea groups is 1. The van der Waals surface area contributed by atoms with Gasteiger partial charge in [0, 0.05) is 13.2 Å². The number of carboxylic acid groups (broad SMARTS) is 1. The highest BCUT2D eigenvalue weighted by atomic mass is 16.5. The fourth-order valence-electron chi connectivity index (χ4n) is 3.07. The lowest BCUT2D eigenvalue weighted by molar-refractivity contribution is -0.161. The van der Waals surface area contributed by atoms with Crippen LogP contribution in [0.3, 0.4) is 0 Å². The summed E-state index contributed by atoms with van der Waals surface area (Å²) < 4.78 is 5.42. The number of nitrogens with one attached hydrogen (secondary N) is 1. The number of fused-ring (bicyclic) bond motifs is 1. The van der Waals surface area contributed by atoms with Crippen LogP contribution in [0.15, 0.2) is 11.3 Å². The van der Waals surface area contributed by atoms with Crippen molar-refractivity contribution in [3.63, 3.8) is 0 Å². The second-order valence-corrected chi connectivity index (χ2v) is 5.70. The van der Waals surface area contributed by atoms with Crippen molar-refractivity contribution < 1.29 is 29.3 Å². The largest absolute Gasteiger partial charge is 0.477 e. The third-order valence-electron chi connectivity index (χ3n) is 4.06. The van der Waals surface area contributed by atoms with Gasteiger partial charge in [0.15, 0.2) is 0 Å². The van der Waals surface area contributed by atoms with Crippen molar-refractivity contribution in [1.29, 1.82) is 0 Å². The molecule has 3 atom stereocenters. The summed E-state index contributed by atoms with van der Waals surface area (Å²) in [6.45, 7) is 2.33. The van der Waals surface area contributed by atoms with E-state index in [1.54, 1.807) is 0 Å². The number of carbonyl (C=O) groups excluding carboxylic acids is 2. The van der Waals surface area contributed by atoms with Crippen LogP contribution in [0.5, 0.6) is 0 Å². The topological polar surface area (TPSA) is 142 Å². The van der Waals surface area contributed by atoms with Gasteiger partial charge in [0.1, 0.15) is 5.70 Å². The number of aliphatic hydroxyl groups excluding tert-OH is 1. The van der Waals surface area contributed by atoms with Crippen LogP contribution in [0.2, 0.25) is 0 Å². The first-order chi connectivity index (χ1) is 10.8. The highest BCUT2D eigenvalue weighted by Gasteiger charge is 2.56. The summed E-state index contributed by atoms with van der Waals surface area (Å²) in [5.41, 5.74) is 5.43. The Balaban J connectivity index is 1.89. The fraction of sp³-hybridized carbons (Fsp3) is 0.643. The molecule has 9 nitrogen and oxygen atoms in total. The van der Waals surface area contributed by atoms with Crippen LogP contribution in [-0.2, 0) is 14.3 Å². The molecule has 3 amide bonds. The van der Waals surface area contributed by atoms with Crippen molar-refractivity contribution in [2.24, 2.45) is 11.7 Å². The molecule has 0 aromatic heterocycles. The molecule has 0 aromatic carbocycles. The van der Waals surface area contributed by atoms with Crippen molar-refractivity contribution in [1.82, 2.24) is 10.2 Å². The Morgan fingerprint density at radius 2 is 2.22 bits per heavy atom. The van der Waals surface area contributed by atoms with Crippen LogP contribution in [-0.4, -0.2) is 64.9 Å². The number of amides is 3. The fourth-order valence-corrected chi connectivity index (χ4v) is 3.07. The molecule has 9 heteroatoms. The van der Waals surface area contributed by atoms with Crippen molar-refractivity contribution >= 4 is 17.9 Å². The van der Waals surface area contributed by atoms with Gasteiger partial charge in [-0.2, -0.15) is 0 Å². The Bertz CT molecular complexity index is 545.